The molecule has 1 aliphatic heterocycles. The lowest BCUT2D eigenvalue weighted by molar-refractivity contribution is -0.131. The van der Waals surface area contributed by atoms with Gasteiger partial charge in [0.1, 0.15) is 0 Å². The molecule has 1 amide bonds. The van der Waals surface area contributed by atoms with Crippen molar-refractivity contribution in [3.05, 3.63) is 66.0 Å². The highest BCUT2D eigenvalue weighted by Crippen LogP contribution is 2.26. The zero-order valence-corrected chi connectivity index (χ0v) is 15.5. The van der Waals surface area contributed by atoms with Crippen LogP contribution in [0.4, 0.5) is 0 Å². The van der Waals surface area contributed by atoms with Crippen molar-refractivity contribution in [1.29, 1.82) is 0 Å². The molecule has 0 radical (unpaired) electrons. The quantitative estimate of drug-likeness (QED) is 0.717. The fourth-order valence-corrected chi connectivity index (χ4v) is 3.70. The van der Waals surface area contributed by atoms with Gasteiger partial charge >= 0.3 is 0 Å². The average Bonchev–Trinajstić information content (AvgIpc) is 3.15. The number of aryl methyl sites for hydroxylation is 1. The van der Waals surface area contributed by atoms with E-state index >= 15 is 0 Å². The molecule has 138 valence electrons. The zero-order valence-electron chi connectivity index (χ0n) is 15.5. The summed E-state index contributed by atoms with van der Waals surface area (Å²) >= 11 is 0. The molecule has 2 heterocycles. The molecule has 0 spiro atoms. The number of nitrogens with zero attached hydrogens (tertiary/aromatic N) is 5. The van der Waals surface area contributed by atoms with Crippen molar-refractivity contribution in [3.63, 3.8) is 0 Å². The molecule has 1 saturated heterocycles. The summed E-state index contributed by atoms with van der Waals surface area (Å²) in [5, 5.41) is 11.7. The fraction of sp³-hybridized carbons (Fsp3) is 0.333. The summed E-state index contributed by atoms with van der Waals surface area (Å²) < 4.78 is 1.73. The number of hydrogen-bond donors (Lipinski definition) is 0. The van der Waals surface area contributed by atoms with Gasteiger partial charge in [-0.25, -0.2) is 4.68 Å². The highest BCUT2D eigenvalue weighted by Gasteiger charge is 2.26. The van der Waals surface area contributed by atoms with Crippen LogP contribution in [-0.2, 0) is 18.3 Å². The molecule has 0 unspecified atom stereocenters. The normalized spacial score (nSPS) is 15.1. The second-order valence-corrected chi connectivity index (χ2v) is 7.06. The molecule has 2 aromatic carbocycles. The van der Waals surface area contributed by atoms with Crippen LogP contribution in [0.2, 0.25) is 0 Å². The van der Waals surface area contributed by atoms with Gasteiger partial charge in [0.15, 0.2) is 5.82 Å². The Kier molecular flexibility index (Phi) is 4.96. The van der Waals surface area contributed by atoms with E-state index in [1.165, 1.54) is 11.1 Å². The number of likely N-dealkylation sites (tertiary alicyclic amines) is 1. The van der Waals surface area contributed by atoms with E-state index in [4.69, 9.17) is 0 Å². The number of tetrazole rings is 1. The van der Waals surface area contributed by atoms with Crippen molar-refractivity contribution < 1.29 is 4.79 Å². The number of benzene rings is 2. The lowest BCUT2D eigenvalue weighted by Gasteiger charge is -2.31. The molecule has 3 aromatic rings. The maximum Gasteiger partial charge on any atom is 0.226 e. The van der Waals surface area contributed by atoms with Crippen LogP contribution in [0, 0.1) is 0 Å². The third kappa shape index (κ3) is 3.89. The minimum Gasteiger partial charge on any atom is -0.342 e. The van der Waals surface area contributed by atoms with Crippen molar-refractivity contribution >= 4 is 5.91 Å². The summed E-state index contributed by atoms with van der Waals surface area (Å²) in [5.74, 6) is 1.44. The van der Waals surface area contributed by atoms with Crippen molar-refractivity contribution in [1.82, 2.24) is 25.1 Å². The van der Waals surface area contributed by atoms with Crippen LogP contribution >= 0.6 is 0 Å². The summed E-state index contributed by atoms with van der Waals surface area (Å²) in [6.07, 6.45) is 2.27. The maximum atomic E-state index is 12.7. The lowest BCUT2D eigenvalue weighted by Crippen LogP contribution is -2.39. The summed E-state index contributed by atoms with van der Waals surface area (Å²) in [6.45, 7) is 1.52. The van der Waals surface area contributed by atoms with E-state index in [9.17, 15) is 4.79 Å². The van der Waals surface area contributed by atoms with Gasteiger partial charge < -0.3 is 4.90 Å². The summed E-state index contributed by atoms with van der Waals surface area (Å²) in [7, 11) is 1.87. The number of carbonyl (C=O) groups excluding carboxylic acids is 1. The SMILES string of the molecule is Cn1nnnc1C1CCN(C(=O)Cc2ccc(-c3ccccc3)cc2)CC1. The van der Waals surface area contributed by atoms with Gasteiger partial charge in [0.2, 0.25) is 5.91 Å². The summed E-state index contributed by atoms with van der Waals surface area (Å²) in [6, 6.07) is 18.6. The second-order valence-electron chi connectivity index (χ2n) is 7.06. The first-order valence-corrected chi connectivity index (χ1v) is 9.35. The number of amides is 1. The molecule has 0 bridgehead atoms. The Labute approximate surface area is 158 Å². The average molecular weight is 361 g/mol. The van der Waals surface area contributed by atoms with Gasteiger partial charge in [-0.05, 0) is 40.0 Å². The van der Waals surface area contributed by atoms with Crippen LogP contribution in [0.1, 0.15) is 30.1 Å². The van der Waals surface area contributed by atoms with Gasteiger partial charge in [-0.15, -0.1) is 5.10 Å². The molecule has 1 fully saturated rings. The molecular formula is C21H23N5O. The monoisotopic (exact) mass is 361 g/mol. The number of rotatable bonds is 4. The highest BCUT2D eigenvalue weighted by molar-refractivity contribution is 5.79. The summed E-state index contributed by atoms with van der Waals surface area (Å²) in [5.41, 5.74) is 3.42. The molecule has 4 rings (SSSR count). The number of aromatic nitrogens is 4. The van der Waals surface area contributed by atoms with E-state index in [2.05, 4.69) is 51.9 Å². The van der Waals surface area contributed by atoms with E-state index in [0.717, 1.165) is 37.3 Å². The maximum absolute atomic E-state index is 12.7. The zero-order chi connectivity index (χ0) is 18.6. The molecule has 6 heteroatoms. The van der Waals surface area contributed by atoms with Crippen LogP contribution < -0.4 is 0 Å². The Bertz CT molecular complexity index is 896. The fourth-order valence-electron chi connectivity index (χ4n) is 3.70. The van der Waals surface area contributed by atoms with E-state index in [1.54, 1.807) is 4.68 Å². The van der Waals surface area contributed by atoms with Crippen LogP contribution in [0.15, 0.2) is 54.6 Å². The minimum atomic E-state index is 0.192. The number of carbonyl (C=O) groups is 1. The molecule has 27 heavy (non-hydrogen) atoms. The second kappa shape index (κ2) is 7.70. The van der Waals surface area contributed by atoms with Crippen molar-refractivity contribution in [2.24, 2.45) is 7.05 Å². The Morgan fingerprint density at radius 1 is 1.00 bits per heavy atom. The smallest absolute Gasteiger partial charge is 0.226 e. The predicted octanol–water partition coefficient (Wildman–Crippen LogP) is 2.83. The van der Waals surface area contributed by atoms with E-state index in [0.29, 0.717) is 12.3 Å². The number of piperidine rings is 1. The molecule has 0 atom stereocenters. The third-order valence-corrected chi connectivity index (χ3v) is 5.28. The first-order chi connectivity index (χ1) is 13.2. The molecule has 6 nitrogen and oxygen atoms in total. The molecule has 0 N–H and O–H groups in total. The molecular weight excluding hydrogens is 338 g/mol. The minimum absolute atomic E-state index is 0.192. The highest BCUT2D eigenvalue weighted by atomic mass is 16.2. The van der Waals surface area contributed by atoms with E-state index in [-0.39, 0.29) is 5.91 Å². The largest absolute Gasteiger partial charge is 0.342 e. The Morgan fingerprint density at radius 3 is 2.30 bits per heavy atom. The van der Waals surface area contributed by atoms with E-state index in [1.807, 2.05) is 30.1 Å². The molecule has 1 aliphatic rings. The van der Waals surface area contributed by atoms with Crippen LogP contribution in [0.5, 0.6) is 0 Å². The van der Waals surface area contributed by atoms with Gasteiger partial charge in [0.05, 0.1) is 6.42 Å². The van der Waals surface area contributed by atoms with Crippen LogP contribution in [0.25, 0.3) is 11.1 Å². The summed E-state index contributed by atoms with van der Waals surface area (Å²) in [4.78, 5) is 14.6. The van der Waals surface area contributed by atoms with Crippen LogP contribution in [0.3, 0.4) is 0 Å². The first kappa shape index (κ1) is 17.4. The van der Waals surface area contributed by atoms with Gasteiger partial charge in [-0.2, -0.15) is 0 Å². The Morgan fingerprint density at radius 2 is 1.67 bits per heavy atom. The van der Waals surface area contributed by atoms with Crippen molar-refractivity contribution in [3.8, 4) is 11.1 Å². The molecule has 0 saturated carbocycles. The van der Waals surface area contributed by atoms with Gasteiger partial charge in [0, 0.05) is 26.1 Å². The van der Waals surface area contributed by atoms with E-state index < -0.39 is 0 Å². The third-order valence-electron chi connectivity index (χ3n) is 5.28. The standard InChI is InChI=1S/C21H23N5O/c1-25-21(22-23-24-25)19-11-13-26(14-12-19)20(27)15-16-7-9-18(10-8-16)17-5-3-2-4-6-17/h2-10,19H,11-15H2,1H3. The van der Waals surface area contributed by atoms with Gasteiger partial charge in [-0.1, -0.05) is 54.6 Å². The first-order valence-electron chi connectivity index (χ1n) is 9.35. The van der Waals surface area contributed by atoms with Crippen molar-refractivity contribution in [2.75, 3.05) is 13.1 Å². The van der Waals surface area contributed by atoms with Gasteiger partial charge in [-0.3, -0.25) is 4.79 Å². The Balaban J connectivity index is 1.34. The predicted molar refractivity (Wildman–Crippen MR) is 103 cm³/mol. The Hall–Kier alpha value is -3.02. The van der Waals surface area contributed by atoms with Crippen molar-refractivity contribution in [2.45, 2.75) is 25.2 Å². The topological polar surface area (TPSA) is 63.9 Å². The lowest BCUT2D eigenvalue weighted by atomic mass is 9.95. The molecule has 0 aliphatic carbocycles. The molecule has 1 aromatic heterocycles. The number of hydrogen-bond acceptors (Lipinski definition) is 4. The van der Waals surface area contributed by atoms with Gasteiger partial charge in [0.25, 0.3) is 0 Å². The van der Waals surface area contributed by atoms with Crippen LogP contribution in [-0.4, -0.2) is 44.1 Å².